The maximum Gasteiger partial charge on any atom is 0.243 e. The highest BCUT2D eigenvalue weighted by molar-refractivity contribution is 6.31. The number of hydrogen-bond donors (Lipinski definition) is 2. The molecule has 0 radical (unpaired) electrons. The molecule has 144 valence electrons. The summed E-state index contributed by atoms with van der Waals surface area (Å²) in [7, 11) is 0. The number of aromatic nitrogens is 2. The number of benzene rings is 2. The van der Waals surface area contributed by atoms with E-state index in [0.29, 0.717) is 5.02 Å². The van der Waals surface area contributed by atoms with Crippen LogP contribution in [0.4, 0.5) is 17.1 Å². The van der Waals surface area contributed by atoms with E-state index in [9.17, 15) is 4.79 Å². The zero-order valence-corrected chi connectivity index (χ0v) is 16.2. The molecule has 0 unspecified atom stereocenters. The van der Waals surface area contributed by atoms with Crippen LogP contribution >= 0.6 is 11.6 Å². The third-order valence-corrected chi connectivity index (χ3v) is 5.01. The number of hydrogen-bond acceptors (Lipinski definition) is 4. The third-order valence-electron chi connectivity index (χ3n) is 4.77. The number of carbonyl (C=O) groups is 1. The normalized spacial score (nSPS) is 13.5. The highest BCUT2D eigenvalue weighted by atomic mass is 35.5. The maximum atomic E-state index is 12.4. The number of carbonyl (C=O) groups excluding carboxylic acids is 1. The van der Waals surface area contributed by atoms with Crippen molar-refractivity contribution in [3.63, 3.8) is 0 Å². The van der Waals surface area contributed by atoms with Gasteiger partial charge in [0.2, 0.25) is 5.91 Å². The lowest BCUT2D eigenvalue weighted by Crippen LogP contribution is -2.22. The van der Waals surface area contributed by atoms with Crippen molar-refractivity contribution in [3.8, 4) is 5.69 Å². The summed E-state index contributed by atoms with van der Waals surface area (Å²) >= 11 is 6.12. The standard InChI is InChI=1S/C21H22ClN5O/c22-16-4-9-20(27-13-3-10-24-27)19(14-16)23-15-21(28)25-17-5-7-18(8-6-17)26-11-1-2-12-26/h3-10,13-14,23H,1-2,11-12,15H2,(H,25,28). The summed E-state index contributed by atoms with van der Waals surface area (Å²) in [6.07, 6.45) is 6.04. The number of nitrogens with zero attached hydrogens (tertiary/aromatic N) is 3. The van der Waals surface area contributed by atoms with Crippen molar-refractivity contribution in [2.24, 2.45) is 0 Å². The summed E-state index contributed by atoms with van der Waals surface area (Å²) in [5.41, 5.74) is 3.57. The molecular weight excluding hydrogens is 374 g/mol. The number of amides is 1. The highest BCUT2D eigenvalue weighted by Gasteiger charge is 2.12. The molecule has 0 spiro atoms. The smallest absolute Gasteiger partial charge is 0.243 e. The molecule has 2 heterocycles. The lowest BCUT2D eigenvalue weighted by atomic mass is 10.2. The van der Waals surface area contributed by atoms with E-state index in [2.05, 4.69) is 32.8 Å². The van der Waals surface area contributed by atoms with Gasteiger partial charge in [0.15, 0.2) is 0 Å². The van der Waals surface area contributed by atoms with Gasteiger partial charge in [-0.3, -0.25) is 4.79 Å². The van der Waals surface area contributed by atoms with Crippen molar-refractivity contribution in [1.29, 1.82) is 0 Å². The van der Waals surface area contributed by atoms with Gasteiger partial charge in [-0.1, -0.05) is 11.6 Å². The molecule has 4 rings (SSSR count). The molecular formula is C21H22ClN5O. The molecule has 1 aliphatic rings. The molecule has 28 heavy (non-hydrogen) atoms. The molecule has 2 N–H and O–H groups in total. The van der Waals surface area contributed by atoms with Crippen LogP contribution < -0.4 is 15.5 Å². The van der Waals surface area contributed by atoms with Crippen LogP contribution in [0.25, 0.3) is 5.69 Å². The van der Waals surface area contributed by atoms with Crippen molar-refractivity contribution in [3.05, 3.63) is 65.9 Å². The van der Waals surface area contributed by atoms with Gasteiger partial charge >= 0.3 is 0 Å². The van der Waals surface area contributed by atoms with Crippen LogP contribution in [0.1, 0.15) is 12.8 Å². The zero-order chi connectivity index (χ0) is 19.3. The number of rotatable bonds is 6. The van der Waals surface area contributed by atoms with E-state index in [-0.39, 0.29) is 12.5 Å². The van der Waals surface area contributed by atoms with E-state index in [0.717, 1.165) is 30.2 Å². The van der Waals surface area contributed by atoms with Gasteiger partial charge in [0, 0.05) is 41.9 Å². The lowest BCUT2D eigenvalue weighted by Gasteiger charge is -2.18. The van der Waals surface area contributed by atoms with E-state index >= 15 is 0 Å². The Bertz CT molecular complexity index is 934. The second-order valence-electron chi connectivity index (χ2n) is 6.75. The van der Waals surface area contributed by atoms with Crippen molar-refractivity contribution < 1.29 is 4.79 Å². The summed E-state index contributed by atoms with van der Waals surface area (Å²) in [5.74, 6) is -0.125. The Balaban J connectivity index is 1.38. The first-order valence-electron chi connectivity index (χ1n) is 9.37. The Morgan fingerprint density at radius 2 is 1.89 bits per heavy atom. The van der Waals surface area contributed by atoms with Crippen LogP contribution in [0, 0.1) is 0 Å². The summed E-state index contributed by atoms with van der Waals surface area (Å²) in [4.78, 5) is 14.7. The van der Waals surface area contributed by atoms with Gasteiger partial charge in [0.1, 0.15) is 0 Å². The average Bonchev–Trinajstić information content (AvgIpc) is 3.41. The predicted octanol–water partition coefficient (Wildman–Crippen LogP) is 4.18. The van der Waals surface area contributed by atoms with Gasteiger partial charge in [-0.05, 0) is 61.4 Å². The maximum absolute atomic E-state index is 12.4. The average molecular weight is 396 g/mol. The Morgan fingerprint density at radius 3 is 2.61 bits per heavy atom. The lowest BCUT2D eigenvalue weighted by molar-refractivity contribution is -0.114. The minimum absolute atomic E-state index is 0.125. The van der Waals surface area contributed by atoms with Gasteiger partial charge in [-0.15, -0.1) is 0 Å². The molecule has 6 nitrogen and oxygen atoms in total. The van der Waals surface area contributed by atoms with Gasteiger partial charge in [-0.25, -0.2) is 4.68 Å². The fourth-order valence-electron chi connectivity index (χ4n) is 3.37. The van der Waals surface area contributed by atoms with E-state index in [1.807, 2.05) is 30.5 Å². The van der Waals surface area contributed by atoms with E-state index < -0.39 is 0 Å². The summed E-state index contributed by atoms with van der Waals surface area (Å²) in [6.45, 7) is 2.34. The van der Waals surface area contributed by atoms with Gasteiger partial charge < -0.3 is 15.5 Å². The zero-order valence-electron chi connectivity index (χ0n) is 15.4. The van der Waals surface area contributed by atoms with Crippen LogP contribution in [-0.4, -0.2) is 35.3 Å². The van der Waals surface area contributed by atoms with Crippen LogP contribution in [0.15, 0.2) is 60.9 Å². The van der Waals surface area contributed by atoms with Crippen molar-refractivity contribution in [1.82, 2.24) is 9.78 Å². The summed E-state index contributed by atoms with van der Waals surface area (Å²) in [6, 6.07) is 15.3. The topological polar surface area (TPSA) is 62.2 Å². The number of halogens is 1. The molecule has 0 saturated carbocycles. The molecule has 0 atom stereocenters. The first-order chi connectivity index (χ1) is 13.7. The molecule has 1 saturated heterocycles. The van der Waals surface area contributed by atoms with E-state index in [4.69, 9.17) is 11.6 Å². The summed E-state index contributed by atoms with van der Waals surface area (Å²) in [5, 5.41) is 10.9. The quantitative estimate of drug-likeness (QED) is 0.657. The first-order valence-corrected chi connectivity index (χ1v) is 9.75. The fourth-order valence-corrected chi connectivity index (χ4v) is 3.54. The molecule has 1 amide bonds. The largest absolute Gasteiger partial charge is 0.374 e. The molecule has 0 bridgehead atoms. The van der Waals surface area contributed by atoms with Crippen molar-refractivity contribution in [2.45, 2.75) is 12.8 Å². The van der Waals surface area contributed by atoms with Crippen molar-refractivity contribution in [2.75, 3.05) is 35.2 Å². The minimum atomic E-state index is -0.125. The van der Waals surface area contributed by atoms with Gasteiger partial charge in [-0.2, -0.15) is 5.10 Å². The molecule has 7 heteroatoms. The van der Waals surface area contributed by atoms with Crippen molar-refractivity contribution >= 4 is 34.6 Å². The SMILES string of the molecule is O=C(CNc1cc(Cl)ccc1-n1cccn1)Nc1ccc(N2CCCC2)cc1. The van der Waals surface area contributed by atoms with Gasteiger partial charge in [0.25, 0.3) is 0 Å². The second-order valence-corrected chi connectivity index (χ2v) is 7.19. The number of nitrogens with one attached hydrogen (secondary N) is 2. The van der Waals surface area contributed by atoms with Crippen LogP contribution in [0.2, 0.25) is 5.02 Å². The summed E-state index contributed by atoms with van der Waals surface area (Å²) < 4.78 is 1.73. The molecule has 1 aromatic heterocycles. The van der Waals surface area contributed by atoms with E-state index in [1.165, 1.54) is 18.5 Å². The Kier molecular flexibility index (Phi) is 5.48. The molecule has 2 aromatic carbocycles. The molecule has 1 aliphatic heterocycles. The van der Waals surface area contributed by atoms with Crippen LogP contribution in [-0.2, 0) is 4.79 Å². The third kappa shape index (κ3) is 4.28. The molecule has 0 aliphatic carbocycles. The van der Waals surface area contributed by atoms with Crippen LogP contribution in [0.3, 0.4) is 0 Å². The van der Waals surface area contributed by atoms with E-state index in [1.54, 1.807) is 23.0 Å². The monoisotopic (exact) mass is 395 g/mol. The first kappa shape index (κ1) is 18.4. The fraction of sp³-hybridized carbons (Fsp3) is 0.238. The second kappa shape index (κ2) is 8.35. The predicted molar refractivity (Wildman–Crippen MR) is 114 cm³/mol. The number of anilines is 3. The molecule has 3 aromatic rings. The Hall–Kier alpha value is -2.99. The van der Waals surface area contributed by atoms with Crippen LogP contribution in [0.5, 0.6) is 0 Å². The highest BCUT2D eigenvalue weighted by Crippen LogP contribution is 2.24. The Labute approximate surface area is 169 Å². The minimum Gasteiger partial charge on any atom is -0.374 e. The molecule has 1 fully saturated rings. The Morgan fingerprint density at radius 1 is 1.11 bits per heavy atom. The van der Waals surface area contributed by atoms with Gasteiger partial charge in [0.05, 0.1) is 17.9 Å².